The molecule has 0 saturated heterocycles. The SMILES string of the molecule is C#C[C@@](C)(OC(C)=O)[Si](C)(C)COC[C@@H](OC)c1ccccc1. The van der Waals surface area contributed by atoms with Crippen LogP contribution in [0.3, 0.4) is 0 Å². The summed E-state index contributed by atoms with van der Waals surface area (Å²) < 4.78 is 16.8. The van der Waals surface area contributed by atoms with E-state index in [1.165, 1.54) is 6.92 Å². The van der Waals surface area contributed by atoms with Crippen LogP contribution in [0.5, 0.6) is 0 Å². The zero-order chi connectivity index (χ0) is 17.5. The van der Waals surface area contributed by atoms with Gasteiger partial charge in [0, 0.05) is 20.3 Å². The van der Waals surface area contributed by atoms with Crippen molar-refractivity contribution in [1.82, 2.24) is 0 Å². The van der Waals surface area contributed by atoms with Crippen LogP contribution in [-0.4, -0.2) is 39.2 Å². The summed E-state index contributed by atoms with van der Waals surface area (Å²) in [4.78, 5) is 11.3. The van der Waals surface area contributed by atoms with Gasteiger partial charge in [-0.1, -0.05) is 49.3 Å². The summed E-state index contributed by atoms with van der Waals surface area (Å²) in [7, 11) is -0.497. The molecule has 0 saturated carbocycles. The summed E-state index contributed by atoms with van der Waals surface area (Å²) in [5, 5.41) is -0.895. The number of esters is 1. The molecule has 126 valence electrons. The second-order valence-corrected chi connectivity index (χ2v) is 11.3. The van der Waals surface area contributed by atoms with Crippen molar-refractivity contribution in [2.45, 2.75) is 38.3 Å². The average molecular weight is 334 g/mol. The number of methoxy groups -OCH3 is 1. The Hall–Kier alpha value is -1.61. The first-order valence-corrected chi connectivity index (χ1v) is 10.8. The predicted octanol–water partition coefficient (Wildman–Crippen LogP) is 3.13. The lowest BCUT2D eigenvalue weighted by molar-refractivity contribution is -0.146. The number of carbonyl (C=O) groups excluding carboxylic acids is 1. The highest BCUT2D eigenvalue weighted by Gasteiger charge is 2.45. The van der Waals surface area contributed by atoms with Crippen molar-refractivity contribution < 1.29 is 19.0 Å². The lowest BCUT2D eigenvalue weighted by Crippen LogP contribution is -2.57. The average Bonchev–Trinajstić information content (AvgIpc) is 2.51. The van der Waals surface area contributed by atoms with E-state index in [4.69, 9.17) is 20.6 Å². The van der Waals surface area contributed by atoms with Gasteiger partial charge in [0.25, 0.3) is 0 Å². The fourth-order valence-electron chi connectivity index (χ4n) is 2.18. The normalized spacial score (nSPS) is 15.3. The zero-order valence-electron chi connectivity index (χ0n) is 14.6. The number of carbonyl (C=O) groups is 1. The molecule has 2 atom stereocenters. The number of ether oxygens (including phenoxy) is 3. The van der Waals surface area contributed by atoms with Crippen molar-refractivity contribution >= 4 is 14.0 Å². The van der Waals surface area contributed by atoms with E-state index in [0.717, 1.165) is 5.56 Å². The van der Waals surface area contributed by atoms with Gasteiger partial charge < -0.3 is 14.2 Å². The van der Waals surface area contributed by atoms with E-state index < -0.39 is 13.3 Å². The molecular weight excluding hydrogens is 308 g/mol. The van der Waals surface area contributed by atoms with Gasteiger partial charge in [-0.15, -0.1) is 6.42 Å². The highest BCUT2D eigenvalue weighted by molar-refractivity contribution is 6.81. The van der Waals surface area contributed by atoms with E-state index in [-0.39, 0.29) is 12.1 Å². The van der Waals surface area contributed by atoms with Crippen LogP contribution in [0.15, 0.2) is 30.3 Å². The summed E-state index contributed by atoms with van der Waals surface area (Å²) in [6, 6.07) is 9.91. The minimum absolute atomic E-state index is 0.133. The molecule has 0 bridgehead atoms. The number of hydrogen-bond donors (Lipinski definition) is 0. The molecule has 0 radical (unpaired) electrons. The molecule has 0 heterocycles. The highest BCUT2D eigenvalue weighted by atomic mass is 28.3. The molecule has 0 unspecified atom stereocenters. The smallest absolute Gasteiger partial charge is 0.303 e. The number of rotatable bonds is 8. The van der Waals surface area contributed by atoms with Gasteiger partial charge in [-0.2, -0.15) is 0 Å². The van der Waals surface area contributed by atoms with E-state index in [9.17, 15) is 4.79 Å². The van der Waals surface area contributed by atoms with Crippen molar-refractivity contribution in [3.8, 4) is 12.3 Å². The minimum atomic E-state index is -2.16. The van der Waals surface area contributed by atoms with E-state index >= 15 is 0 Å². The number of terminal acetylenes is 1. The Morgan fingerprint density at radius 1 is 1.35 bits per heavy atom. The molecule has 0 N–H and O–H groups in total. The predicted molar refractivity (Wildman–Crippen MR) is 93.5 cm³/mol. The third kappa shape index (κ3) is 5.21. The maximum atomic E-state index is 11.3. The van der Waals surface area contributed by atoms with Crippen molar-refractivity contribution in [3.05, 3.63) is 35.9 Å². The van der Waals surface area contributed by atoms with Crippen molar-refractivity contribution in [1.29, 1.82) is 0 Å². The van der Waals surface area contributed by atoms with E-state index in [2.05, 4.69) is 19.0 Å². The Kier molecular flexibility index (Phi) is 7.01. The standard InChI is InChI=1S/C18H26O4Si/c1-7-18(3,22-15(2)19)23(5,6)14-21-13-17(20-4)16-11-9-8-10-12-16/h1,8-12,17H,13-14H2,2-6H3/t17-,18+/m1/s1. The molecule has 1 aromatic rings. The molecule has 1 aromatic carbocycles. The quantitative estimate of drug-likeness (QED) is 0.416. The van der Waals surface area contributed by atoms with Gasteiger partial charge in [0.15, 0.2) is 5.22 Å². The monoisotopic (exact) mass is 334 g/mol. The molecule has 23 heavy (non-hydrogen) atoms. The van der Waals surface area contributed by atoms with Gasteiger partial charge in [-0.25, -0.2) is 0 Å². The minimum Gasteiger partial charge on any atom is -0.451 e. The maximum absolute atomic E-state index is 11.3. The molecule has 0 fully saturated rings. The zero-order valence-corrected chi connectivity index (χ0v) is 15.6. The Balaban J connectivity index is 2.68. The number of hydrogen-bond acceptors (Lipinski definition) is 4. The Bertz CT molecular complexity index is 550. The molecule has 0 aromatic heterocycles. The van der Waals surface area contributed by atoms with Crippen LogP contribution in [0.2, 0.25) is 13.1 Å². The molecule has 0 aliphatic heterocycles. The van der Waals surface area contributed by atoms with Crippen LogP contribution in [0.1, 0.15) is 25.5 Å². The molecule has 0 aliphatic carbocycles. The Morgan fingerprint density at radius 3 is 2.43 bits per heavy atom. The largest absolute Gasteiger partial charge is 0.451 e. The molecule has 4 nitrogen and oxygen atoms in total. The van der Waals surface area contributed by atoms with Crippen LogP contribution < -0.4 is 0 Å². The molecule has 5 heteroatoms. The second kappa shape index (κ2) is 8.30. The fraction of sp³-hybridized carbons (Fsp3) is 0.500. The first-order valence-electron chi connectivity index (χ1n) is 7.58. The third-order valence-electron chi connectivity index (χ3n) is 4.10. The summed E-state index contributed by atoms with van der Waals surface area (Å²) in [6.07, 6.45) is 5.96. The van der Waals surface area contributed by atoms with Crippen molar-refractivity contribution in [3.63, 3.8) is 0 Å². The third-order valence-corrected chi connectivity index (χ3v) is 7.86. The van der Waals surface area contributed by atoms with Crippen LogP contribution >= 0.6 is 0 Å². The Morgan fingerprint density at radius 2 is 1.96 bits per heavy atom. The molecule has 0 amide bonds. The summed E-state index contributed by atoms with van der Waals surface area (Å²) in [5.74, 6) is 2.27. The lowest BCUT2D eigenvalue weighted by atomic mass is 10.1. The first kappa shape index (κ1) is 19.4. The van der Waals surface area contributed by atoms with E-state index in [1.54, 1.807) is 14.0 Å². The number of benzene rings is 1. The first-order chi connectivity index (χ1) is 10.8. The van der Waals surface area contributed by atoms with Gasteiger partial charge in [-0.05, 0) is 12.5 Å². The van der Waals surface area contributed by atoms with E-state index in [1.807, 2.05) is 30.3 Å². The van der Waals surface area contributed by atoms with Gasteiger partial charge >= 0.3 is 5.97 Å². The van der Waals surface area contributed by atoms with Crippen molar-refractivity contribution in [2.75, 3.05) is 19.9 Å². The summed E-state index contributed by atoms with van der Waals surface area (Å²) in [6.45, 7) is 7.70. The molecule has 0 aliphatic rings. The van der Waals surface area contributed by atoms with Crippen LogP contribution in [0, 0.1) is 12.3 Å². The fourth-order valence-corrected chi connectivity index (χ4v) is 3.89. The van der Waals surface area contributed by atoms with Crippen molar-refractivity contribution in [2.24, 2.45) is 0 Å². The van der Waals surface area contributed by atoms with Crippen LogP contribution in [-0.2, 0) is 19.0 Å². The lowest BCUT2D eigenvalue weighted by Gasteiger charge is -2.37. The second-order valence-electron chi connectivity index (χ2n) is 6.31. The Labute approximate surface area is 140 Å². The molecule has 1 rings (SSSR count). The van der Waals surface area contributed by atoms with Gasteiger partial charge in [0.2, 0.25) is 0 Å². The highest BCUT2D eigenvalue weighted by Crippen LogP contribution is 2.25. The molecule has 0 spiro atoms. The van der Waals surface area contributed by atoms with Crippen LogP contribution in [0.25, 0.3) is 0 Å². The van der Waals surface area contributed by atoms with Gasteiger partial charge in [0.1, 0.15) is 14.2 Å². The topological polar surface area (TPSA) is 44.8 Å². The molecular formula is C18H26O4Si. The maximum Gasteiger partial charge on any atom is 0.303 e. The van der Waals surface area contributed by atoms with E-state index in [0.29, 0.717) is 12.8 Å². The van der Waals surface area contributed by atoms with Gasteiger partial charge in [0.05, 0.1) is 6.61 Å². The van der Waals surface area contributed by atoms with Crippen LogP contribution in [0.4, 0.5) is 0 Å². The van der Waals surface area contributed by atoms with Gasteiger partial charge in [-0.3, -0.25) is 4.79 Å². The summed E-state index contributed by atoms with van der Waals surface area (Å²) in [5.41, 5.74) is 1.06. The summed E-state index contributed by atoms with van der Waals surface area (Å²) >= 11 is 0.